The van der Waals surface area contributed by atoms with E-state index in [1.807, 2.05) is 24.3 Å². The van der Waals surface area contributed by atoms with Crippen molar-refractivity contribution in [1.82, 2.24) is 0 Å². The summed E-state index contributed by atoms with van der Waals surface area (Å²) in [6.45, 7) is 8.72. The minimum atomic E-state index is 0.0454. The minimum absolute atomic E-state index is 0.0454. The van der Waals surface area contributed by atoms with Gasteiger partial charge in [0.15, 0.2) is 5.78 Å². The average molecular weight is 308 g/mol. The maximum absolute atomic E-state index is 10.9. The molecular weight excluding hydrogens is 284 g/mol. The van der Waals surface area contributed by atoms with Crippen LogP contribution in [0.15, 0.2) is 54.6 Å². The third-order valence-electron chi connectivity index (χ3n) is 3.62. The maximum Gasteiger partial charge on any atom is 0.152 e. The van der Waals surface area contributed by atoms with Gasteiger partial charge >= 0.3 is 0 Å². The molecule has 2 nitrogen and oxygen atoms in total. The summed E-state index contributed by atoms with van der Waals surface area (Å²) < 4.78 is 5.81. The van der Waals surface area contributed by atoms with E-state index in [1.54, 1.807) is 19.1 Å². The Morgan fingerprint density at radius 1 is 1.00 bits per heavy atom. The first-order valence-electron chi connectivity index (χ1n) is 7.85. The molecule has 2 aromatic carbocycles. The van der Waals surface area contributed by atoms with Crippen LogP contribution in [0.5, 0.6) is 5.75 Å². The second-order valence-corrected chi connectivity index (χ2v) is 6.75. The number of ketones is 1. The van der Waals surface area contributed by atoms with Gasteiger partial charge in [-0.1, -0.05) is 63.2 Å². The number of ether oxygens (including phenoxy) is 1. The second kappa shape index (κ2) is 7.28. The molecule has 0 spiro atoms. The first-order chi connectivity index (χ1) is 10.8. The first kappa shape index (κ1) is 17.0. The van der Waals surface area contributed by atoms with E-state index in [1.165, 1.54) is 5.56 Å². The zero-order valence-corrected chi connectivity index (χ0v) is 14.3. The molecule has 0 atom stereocenters. The molecule has 0 bridgehead atoms. The normalized spacial score (nSPS) is 11.7. The third kappa shape index (κ3) is 5.41. The van der Waals surface area contributed by atoms with E-state index in [9.17, 15) is 4.79 Å². The lowest BCUT2D eigenvalue weighted by atomic mass is 9.87. The standard InChI is InChI=1S/C21H24O2/c1-16(22)5-6-17-9-13-20(14-10-17)23-15-18-7-11-19(12-8-18)21(2,3)4/h5-14H,15H2,1-4H3/b6-5+. The van der Waals surface area contributed by atoms with Crippen molar-refractivity contribution >= 4 is 11.9 Å². The molecule has 0 saturated carbocycles. The summed E-state index contributed by atoms with van der Waals surface area (Å²) in [6.07, 6.45) is 3.37. The molecule has 2 heteroatoms. The third-order valence-corrected chi connectivity index (χ3v) is 3.62. The van der Waals surface area contributed by atoms with Crippen LogP contribution in [-0.4, -0.2) is 5.78 Å². The Kier molecular flexibility index (Phi) is 5.38. The van der Waals surface area contributed by atoms with Gasteiger partial charge in [-0.05, 0) is 47.2 Å². The molecule has 0 aliphatic heterocycles. The van der Waals surface area contributed by atoms with Crippen molar-refractivity contribution in [2.75, 3.05) is 0 Å². The summed E-state index contributed by atoms with van der Waals surface area (Å²) in [7, 11) is 0. The van der Waals surface area contributed by atoms with Gasteiger partial charge in [0.25, 0.3) is 0 Å². The highest BCUT2D eigenvalue weighted by Gasteiger charge is 2.12. The molecule has 0 aromatic heterocycles. The number of rotatable bonds is 5. The van der Waals surface area contributed by atoms with E-state index in [0.717, 1.165) is 16.9 Å². The Hall–Kier alpha value is -2.35. The van der Waals surface area contributed by atoms with Crippen LogP contribution in [0.3, 0.4) is 0 Å². The Bertz CT molecular complexity index is 671. The molecule has 23 heavy (non-hydrogen) atoms. The van der Waals surface area contributed by atoms with Crippen LogP contribution in [0.25, 0.3) is 6.08 Å². The van der Waals surface area contributed by atoms with E-state index < -0.39 is 0 Å². The summed E-state index contributed by atoms with van der Waals surface area (Å²) in [5.41, 5.74) is 3.63. The van der Waals surface area contributed by atoms with Crippen molar-refractivity contribution in [3.8, 4) is 5.75 Å². The van der Waals surface area contributed by atoms with Gasteiger partial charge < -0.3 is 4.74 Å². The van der Waals surface area contributed by atoms with Crippen molar-refractivity contribution in [3.63, 3.8) is 0 Å². The Labute approximate surface area is 138 Å². The maximum atomic E-state index is 10.9. The van der Waals surface area contributed by atoms with Crippen molar-refractivity contribution in [2.45, 2.75) is 39.7 Å². The van der Waals surface area contributed by atoms with E-state index >= 15 is 0 Å². The number of hydrogen-bond acceptors (Lipinski definition) is 2. The lowest BCUT2D eigenvalue weighted by Gasteiger charge is -2.19. The van der Waals surface area contributed by atoms with Gasteiger partial charge in [0.2, 0.25) is 0 Å². The molecule has 0 radical (unpaired) electrons. The molecular formula is C21H24O2. The van der Waals surface area contributed by atoms with E-state index in [-0.39, 0.29) is 11.2 Å². The van der Waals surface area contributed by atoms with Crippen LogP contribution in [0.2, 0.25) is 0 Å². The van der Waals surface area contributed by atoms with Crippen LogP contribution in [0.1, 0.15) is 44.4 Å². The molecule has 0 unspecified atom stereocenters. The molecule has 0 fully saturated rings. The zero-order chi connectivity index (χ0) is 16.9. The van der Waals surface area contributed by atoms with Gasteiger partial charge in [-0.25, -0.2) is 0 Å². The Morgan fingerprint density at radius 2 is 1.61 bits per heavy atom. The molecule has 0 aliphatic rings. The van der Waals surface area contributed by atoms with Gasteiger partial charge in [0, 0.05) is 0 Å². The molecule has 0 saturated heterocycles. The van der Waals surface area contributed by atoms with Crippen LogP contribution in [-0.2, 0) is 16.8 Å². The molecule has 2 aromatic rings. The van der Waals surface area contributed by atoms with Crippen molar-refractivity contribution in [1.29, 1.82) is 0 Å². The average Bonchev–Trinajstić information content (AvgIpc) is 2.51. The summed E-state index contributed by atoms with van der Waals surface area (Å²) >= 11 is 0. The van der Waals surface area contributed by atoms with Crippen LogP contribution >= 0.6 is 0 Å². The number of carbonyl (C=O) groups is 1. The molecule has 120 valence electrons. The largest absolute Gasteiger partial charge is 0.489 e. The molecule has 0 aliphatic carbocycles. The molecule has 0 amide bonds. The zero-order valence-electron chi connectivity index (χ0n) is 14.3. The van der Waals surface area contributed by atoms with Crippen molar-refractivity contribution in [3.05, 3.63) is 71.3 Å². The lowest BCUT2D eigenvalue weighted by molar-refractivity contribution is -0.112. The van der Waals surface area contributed by atoms with Gasteiger partial charge in [0.1, 0.15) is 12.4 Å². The highest BCUT2D eigenvalue weighted by Crippen LogP contribution is 2.22. The van der Waals surface area contributed by atoms with Crippen LogP contribution in [0.4, 0.5) is 0 Å². The number of benzene rings is 2. The highest BCUT2D eigenvalue weighted by atomic mass is 16.5. The van der Waals surface area contributed by atoms with Crippen LogP contribution < -0.4 is 4.74 Å². The molecule has 0 N–H and O–H groups in total. The van der Waals surface area contributed by atoms with Gasteiger partial charge in [-0.3, -0.25) is 4.79 Å². The quantitative estimate of drug-likeness (QED) is 0.713. The Balaban J connectivity index is 1.94. The fraction of sp³-hybridized carbons (Fsp3) is 0.286. The summed E-state index contributed by atoms with van der Waals surface area (Å²) in [4.78, 5) is 10.9. The molecule has 0 heterocycles. The Morgan fingerprint density at radius 3 is 2.13 bits per heavy atom. The fourth-order valence-electron chi connectivity index (χ4n) is 2.16. The van der Waals surface area contributed by atoms with Gasteiger partial charge in [-0.15, -0.1) is 0 Å². The second-order valence-electron chi connectivity index (χ2n) is 6.75. The number of hydrogen-bond donors (Lipinski definition) is 0. The van der Waals surface area contributed by atoms with E-state index in [4.69, 9.17) is 4.74 Å². The molecule has 2 rings (SSSR count). The smallest absolute Gasteiger partial charge is 0.152 e. The van der Waals surface area contributed by atoms with Gasteiger partial charge in [0.05, 0.1) is 0 Å². The van der Waals surface area contributed by atoms with Crippen molar-refractivity contribution in [2.24, 2.45) is 0 Å². The monoisotopic (exact) mass is 308 g/mol. The highest BCUT2D eigenvalue weighted by molar-refractivity contribution is 5.91. The van der Waals surface area contributed by atoms with E-state index in [0.29, 0.717) is 6.61 Å². The summed E-state index contributed by atoms with van der Waals surface area (Å²) in [5.74, 6) is 0.869. The minimum Gasteiger partial charge on any atom is -0.489 e. The van der Waals surface area contributed by atoms with E-state index in [2.05, 4.69) is 45.0 Å². The van der Waals surface area contributed by atoms with Crippen molar-refractivity contribution < 1.29 is 9.53 Å². The number of allylic oxidation sites excluding steroid dienone is 1. The topological polar surface area (TPSA) is 26.3 Å². The first-order valence-corrected chi connectivity index (χ1v) is 7.85. The van der Waals surface area contributed by atoms with Crippen LogP contribution in [0, 0.1) is 0 Å². The summed E-state index contributed by atoms with van der Waals surface area (Å²) in [5, 5.41) is 0. The SMILES string of the molecule is CC(=O)/C=C/c1ccc(OCc2ccc(C(C)(C)C)cc2)cc1. The number of carbonyl (C=O) groups excluding carboxylic acids is 1. The lowest BCUT2D eigenvalue weighted by Crippen LogP contribution is -2.10. The van der Waals surface area contributed by atoms with Gasteiger partial charge in [-0.2, -0.15) is 0 Å². The predicted octanol–water partition coefficient (Wildman–Crippen LogP) is 5.17. The summed E-state index contributed by atoms with van der Waals surface area (Å²) in [6, 6.07) is 16.3. The predicted molar refractivity (Wildman–Crippen MR) is 95.6 cm³/mol. The fourth-order valence-corrected chi connectivity index (χ4v) is 2.16.